The second kappa shape index (κ2) is 21.0. The van der Waals surface area contributed by atoms with Crippen LogP contribution in [0.2, 0.25) is 0 Å². The molecule has 0 unspecified atom stereocenters. The molecule has 2 aliphatic heterocycles. The number of ketones is 2. The molecule has 0 bridgehead atoms. The topological polar surface area (TPSA) is 191 Å². The number of aromatic nitrogens is 6. The molecule has 2 fully saturated rings. The zero-order valence-corrected chi connectivity index (χ0v) is 38.6. The summed E-state index contributed by atoms with van der Waals surface area (Å²) >= 11 is 0. The minimum absolute atomic E-state index is 0.0381. The van der Waals surface area contributed by atoms with E-state index >= 15 is 0 Å². The maximum atomic E-state index is 14.4. The Hall–Kier alpha value is -6.19. The molecule has 1 N–H and O–H groups in total. The first-order valence-electron chi connectivity index (χ1n) is 21.6. The van der Waals surface area contributed by atoms with Crippen molar-refractivity contribution in [3.05, 3.63) is 84.2 Å². The van der Waals surface area contributed by atoms with E-state index in [1.807, 2.05) is 0 Å². The number of carbonyl (C=O) groups is 4. The van der Waals surface area contributed by atoms with E-state index in [9.17, 15) is 55.0 Å². The Bertz CT molecular complexity index is 2240. The maximum absolute atomic E-state index is 14.4. The summed E-state index contributed by atoms with van der Waals surface area (Å²) in [5.74, 6) is -3.00. The highest BCUT2D eigenvalue weighted by Crippen LogP contribution is 2.33. The van der Waals surface area contributed by atoms with Crippen LogP contribution in [0.15, 0.2) is 61.4 Å². The highest BCUT2D eigenvalue weighted by molar-refractivity contribution is 5.89. The van der Waals surface area contributed by atoms with Gasteiger partial charge in [-0.15, -0.1) is 0 Å². The van der Waals surface area contributed by atoms with Crippen molar-refractivity contribution >= 4 is 23.8 Å². The summed E-state index contributed by atoms with van der Waals surface area (Å²) in [6, 6.07) is 3.57. The lowest BCUT2D eigenvalue weighted by atomic mass is 10.0. The fourth-order valence-electron chi connectivity index (χ4n) is 7.44. The zero-order chi connectivity index (χ0) is 50.5. The lowest BCUT2D eigenvalue weighted by Crippen LogP contribution is -2.47. The predicted molar refractivity (Wildman–Crippen MR) is 230 cm³/mol. The average molecular weight is 963 g/mol. The molecule has 2 saturated heterocycles. The summed E-state index contributed by atoms with van der Waals surface area (Å²) in [6.07, 6.45) is -4.95. The number of carbonyl (C=O) groups excluding carboxylic acids is 4. The molecule has 2 amide bonds. The molecule has 6 atom stereocenters. The zero-order valence-electron chi connectivity index (χ0n) is 38.6. The molecule has 0 aromatic carbocycles. The average Bonchev–Trinajstić information content (AvgIpc) is 3.73. The monoisotopic (exact) mass is 962 g/mol. The number of aliphatic hydroxyl groups excluding tert-OH is 1. The molecule has 0 radical (unpaired) electrons. The molecule has 6 rings (SSSR count). The van der Waals surface area contributed by atoms with Gasteiger partial charge in [-0.1, -0.05) is 0 Å². The van der Waals surface area contributed by atoms with Gasteiger partial charge in [-0.3, -0.25) is 29.4 Å². The normalized spacial score (nSPS) is 20.9. The van der Waals surface area contributed by atoms with Gasteiger partial charge in [0.25, 0.3) is 0 Å². The minimum Gasteiger partial charge on any atom is -0.444 e. The van der Waals surface area contributed by atoms with Crippen LogP contribution < -0.4 is 0 Å². The van der Waals surface area contributed by atoms with Crippen LogP contribution in [0.4, 0.5) is 40.3 Å². The third-order valence-corrected chi connectivity index (χ3v) is 10.9. The summed E-state index contributed by atoms with van der Waals surface area (Å²) in [4.78, 5) is 75.2. The van der Waals surface area contributed by atoms with Crippen LogP contribution in [0, 0.1) is 0 Å². The third kappa shape index (κ3) is 13.9. The fourth-order valence-corrected chi connectivity index (χ4v) is 7.44. The molecular weight excluding hydrogens is 910 g/mol. The summed E-state index contributed by atoms with van der Waals surface area (Å²) in [5.41, 5.74) is 1.24. The lowest BCUT2D eigenvalue weighted by Gasteiger charge is -2.30. The number of pyridine rings is 2. The Kier molecular flexibility index (Phi) is 16.3. The predicted octanol–water partition coefficient (Wildman–Crippen LogP) is 8.61. The van der Waals surface area contributed by atoms with Crippen molar-refractivity contribution in [2.75, 3.05) is 0 Å². The fraction of sp³-hybridized carbons (Fsp3) is 0.522. The standard InChI is InChI=1S/C23H26F4N4O3.C23H27F3N4O4/c1-13-16(24)10-18(31(13)21(33)34-22(2,3)4)19(32)6-5-14-7-8-28-17(9-14)15-11-29-20(30-12-15)23(25,26)27;1-13-19(32)10-17(30(13)21(33)34-22(2,3)4)18(31)6-5-14-7-8-27-16(9-14)15-11-28-20(29-12-15)23(24,25)26/h7-9,11-13,16,18H,5-6,10H2,1-4H3;7-9,11-13,17,19,32H,5-6,10H2,1-4H3/t13-,16+,18-;13-,17-,19-/m00/s1. The van der Waals surface area contributed by atoms with Gasteiger partial charge in [0.05, 0.1) is 41.7 Å². The van der Waals surface area contributed by atoms with E-state index < -0.39 is 83.8 Å². The molecule has 0 spiro atoms. The van der Waals surface area contributed by atoms with E-state index in [2.05, 4.69) is 29.9 Å². The van der Waals surface area contributed by atoms with Crippen LogP contribution in [0.25, 0.3) is 22.5 Å². The maximum Gasteiger partial charge on any atom is 0.451 e. The second-order valence-electron chi connectivity index (χ2n) is 18.5. The molecule has 4 aromatic rings. The molecule has 0 saturated carbocycles. The first-order valence-corrected chi connectivity index (χ1v) is 21.6. The molecule has 22 heteroatoms. The number of nitrogens with zero attached hydrogens (tertiary/aromatic N) is 8. The van der Waals surface area contributed by atoms with Crippen LogP contribution in [-0.4, -0.2) is 116 Å². The molecule has 6 heterocycles. The van der Waals surface area contributed by atoms with Gasteiger partial charge in [-0.2, -0.15) is 26.3 Å². The number of alkyl halides is 7. The van der Waals surface area contributed by atoms with E-state index in [0.717, 1.165) is 30.4 Å². The minimum atomic E-state index is -4.64. The quantitative estimate of drug-likeness (QED) is 0.149. The number of likely N-dealkylation sites (tertiary alicyclic amines) is 2. The van der Waals surface area contributed by atoms with Crippen molar-refractivity contribution in [3.63, 3.8) is 0 Å². The number of rotatable bonds is 10. The number of aryl methyl sites for hydroxylation is 2. The van der Waals surface area contributed by atoms with Gasteiger partial charge < -0.3 is 14.6 Å². The van der Waals surface area contributed by atoms with Gasteiger partial charge in [-0.05, 0) is 104 Å². The molecule has 368 valence electrons. The van der Waals surface area contributed by atoms with E-state index in [-0.39, 0.29) is 43.7 Å². The molecular formula is C46H53F7N8O7. The molecule has 2 aliphatic rings. The smallest absolute Gasteiger partial charge is 0.444 e. The largest absolute Gasteiger partial charge is 0.451 e. The van der Waals surface area contributed by atoms with Crippen molar-refractivity contribution in [1.29, 1.82) is 0 Å². The number of Topliss-reactive ketones (excluding diaryl/α,β-unsaturated/α-hetero) is 2. The molecule has 68 heavy (non-hydrogen) atoms. The van der Waals surface area contributed by atoms with Crippen LogP contribution in [-0.2, 0) is 44.3 Å². The van der Waals surface area contributed by atoms with Crippen molar-refractivity contribution < 1.29 is 64.5 Å². The Morgan fingerprint density at radius 3 is 1.35 bits per heavy atom. The summed E-state index contributed by atoms with van der Waals surface area (Å²) in [5, 5.41) is 10.3. The second-order valence-corrected chi connectivity index (χ2v) is 18.5. The van der Waals surface area contributed by atoms with Crippen LogP contribution in [0.5, 0.6) is 0 Å². The van der Waals surface area contributed by atoms with E-state index in [0.29, 0.717) is 34.5 Å². The number of ether oxygens (including phenoxy) is 2. The number of aliphatic hydroxyl groups is 1. The van der Waals surface area contributed by atoms with Crippen molar-refractivity contribution in [2.45, 2.75) is 154 Å². The highest BCUT2D eigenvalue weighted by Gasteiger charge is 2.47. The summed E-state index contributed by atoms with van der Waals surface area (Å²) < 4.78 is 101. The van der Waals surface area contributed by atoms with Crippen molar-refractivity contribution in [2.24, 2.45) is 0 Å². The van der Waals surface area contributed by atoms with E-state index in [4.69, 9.17) is 9.47 Å². The Morgan fingerprint density at radius 1 is 0.618 bits per heavy atom. The van der Waals surface area contributed by atoms with Gasteiger partial charge in [-0.25, -0.2) is 33.9 Å². The number of hydrogen-bond donors (Lipinski definition) is 1. The SMILES string of the molecule is C[C@H]1[C@@H](O)C[C@@H](C(=O)CCc2ccnc(-c3cnc(C(F)(F)F)nc3)c2)N1C(=O)OC(C)(C)C.C[C@H]1[C@H](F)C[C@@H](C(=O)CCc2ccnc(-c3cnc(C(F)(F)F)nc3)c2)N1C(=O)OC(C)(C)C. The number of hydrogen-bond acceptors (Lipinski definition) is 13. The first kappa shape index (κ1) is 52.8. The van der Waals surface area contributed by atoms with Crippen LogP contribution in [0.1, 0.15) is 104 Å². The molecule has 15 nitrogen and oxygen atoms in total. The van der Waals surface area contributed by atoms with Gasteiger partial charge in [0, 0.05) is 74.0 Å². The first-order chi connectivity index (χ1) is 31.5. The van der Waals surface area contributed by atoms with E-state index in [1.165, 1.54) is 22.2 Å². The van der Waals surface area contributed by atoms with Crippen LogP contribution >= 0.6 is 0 Å². The number of amides is 2. The third-order valence-electron chi connectivity index (χ3n) is 10.9. The van der Waals surface area contributed by atoms with Crippen molar-refractivity contribution in [3.8, 4) is 22.5 Å². The number of halogens is 7. The van der Waals surface area contributed by atoms with Gasteiger partial charge in [0.1, 0.15) is 17.4 Å². The van der Waals surface area contributed by atoms with Gasteiger partial charge >= 0.3 is 24.5 Å². The Labute approximate surface area is 387 Å². The Morgan fingerprint density at radius 2 is 0.985 bits per heavy atom. The summed E-state index contributed by atoms with van der Waals surface area (Å²) in [6.45, 7) is 13.5. The van der Waals surface area contributed by atoms with Crippen molar-refractivity contribution in [1.82, 2.24) is 39.7 Å². The lowest BCUT2D eigenvalue weighted by molar-refractivity contribution is -0.145. The summed E-state index contributed by atoms with van der Waals surface area (Å²) in [7, 11) is 0. The highest BCUT2D eigenvalue weighted by atomic mass is 19.4. The van der Waals surface area contributed by atoms with Crippen LogP contribution in [0.3, 0.4) is 0 Å². The van der Waals surface area contributed by atoms with Gasteiger partial charge in [0.15, 0.2) is 11.6 Å². The van der Waals surface area contributed by atoms with Gasteiger partial charge in [0.2, 0.25) is 11.6 Å². The van der Waals surface area contributed by atoms with E-state index in [1.54, 1.807) is 79.7 Å². The molecule has 4 aromatic heterocycles. The Balaban J connectivity index is 0.000000254. The molecule has 0 aliphatic carbocycles.